The van der Waals surface area contributed by atoms with Gasteiger partial charge in [0.15, 0.2) is 0 Å². The molecule has 164 valence electrons. The number of amides is 1. The number of halogens is 1. The maximum Gasteiger partial charge on any atom is 0.263 e. The van der Waals surface area contributed by atoms with Gasteiger partial charge in [0, 0.05) is 19.7 Å². The number of hydrogen-bond donors (Lipinski definition) is 1. The molecule has 4 rings (SSSR count). The number of fused-ring (bicyclic) bond motifs is 1. The van der Waals surface area contributed by atoms with Crippen molar-refractivity contribution in [3.8, 4) is 16.9 Å². The molecule has 0 fully saturated rings. The van der Waals surface area contributed by atoms with Crippen molar-refractivity contribution in [1.82, 2.24) is 9.55 Å². The van der Waals surface area contributed by atoms with Crippen LogP contribution < -0.4 is 15.6 Å². The van der Waals surface area contributed by atoms with Gasteiger partial charge in [0.2, 0.25) is 5.91 Å². The molecule has 1 N–H and O–H groups in total. The molecule has 2 aromatic heterocycles. The molecule has 0 spiro atoms. The Labute approximate surface area is 203 Å². The average Bonchev–Trinajstić information content (AvgIpc) is 3.10. The van der Waals surface area contributed by atoms with E-state index in [0.29, 0.717) is 16.8 Å². The number of ether oxygens (including phenoxy) is 1. The monoisotopic (exact) mass is 559 g/mol. The van der Waals surface area contributed by atoms with Gasteiger partial charge in [0.25, 0.3) is 5.56 Å². The van der Waals surface area contributed by atoms with Crippen LogP contribution in [0.5, 0.6) is 5.75 Å². The summed E-state index contributed by atoms with van der Waals surface area (Å²) in [6, 6.07) is 13.5. The molecule has 8 heteroatoms. The number of carbonyl (C=O) groups is 1. The van der Waals surface area contributed by atoms with E-state index in [1.165, 1.54) is 22.2 Å². The fraction of sp³-hybridized carbons (Fsp3) is 0.208. The number of rotatable bonds is 6. The van der Waals surface area contributed by atoms with Crippen LogP contribution in [0.15, 0.2) is 53.6 Å². The van der Waals surface area contributed by atoms with Gasteiger partial charge in [-0.3, -0.25) is 14.2 Å². The first-order valence-corrected chi connectivity index (χ1v) is 12.0. The number of carbonyl (C=O) groups excluding carboxylic acids is 1. The minimum atomic E-state index is -0.271. The predicted octanol–water partition coefficient (Wildman–Crippen LogP) is 5.38. The summed E-state index contributed by atoms with van der Waals surface area (Å²) in [7, 11) is 0. The number of nitrogens with zero attached hydrogens (tertiary/aromatic N) is 2. The Bertz CT molecular complexity index is 1360. The fourth-order valence-electron chi connectivity index (χ4n) is 3.59. The summed E-state index contributed by atoms with van der Waals surface area (Å²) in [6.45, 7) is 6.35. The van der Waals surface area contributed by atoms with Crippen molar-refractivity contribution in [1.29, 1.82) is 0 Å². The van der Waals surface area contributed by atoms with Crippen molar-refractivity contribution in [3.63, 3.8) is 0 Å². The molecule has 4 aromatic rings. The van der Waals surface area contributed by atoms with Gasteiger partial charge < -0.3 is 10.1 Å². The van der Waals surface area contributed by atoms with E-state index >= 15 is 0 Å². The second-order valence-corrected chi connectivity index (χ2v) is 9.80. The van der Waals surface area contributed by atoms with Crippen molar-refractivity contribution < 1.29 is 9.53 Å². The van der Waals surface area contributed by atoms with Crippen LogP contribution in [0.2, 0.25) is 0 Å². The van der Waals surface area contributed by atoms with Gasteiger partial charge in [0.1, 0.15) is 17.1 Å². The van der Waals surface area contributed by atoms with Crippen LogP contribution in [0.3, 0.4) is 0 Å². The standard InChI is InChI=1S/C24H22IN3O3S/c1-4-31-18-8-5-16(6-9-18)21-15(3)32-23-22(21)24(30)28(13-26-23)12-20(29)27-19-10-7-17(25)11-14(19)2/h5-11,13H,4,12H2,1-3H3,(H,27,29). The third-order valence-electron chi connectivity index (χ3n) is 5.09. The van der Waals surface area contributed by atoms with E-state index in [0.717, 1.165) is 36.6 Å². The third kappa shape index (κ3) is 4.56. The number of thiophene rings is 1. The Hall–Kier alpha value is -2.72. The maximum absolute atomic E-state index is 13.3. The molecule has 0 radical (unpaired) electrons. The SMILES string of the molecule is CCOc1ccc(-c2c(C)sc3ncn(CC(=O)Nc4ccc(I)cc4C)c(=O)c23)cc1. The molecule has 6 nitrogen and oxygen atoms in total. The zero-order valence-corrected chi connectivity index (χ0v) is 20.9. The molecular formula is C24H22IN3O3S. The Morgan fingerprint density at radius 1 is 1.19 bits per heavy atom. The zero-order chi connectivity index (χ0) is 22.8. The van der Waals surface area contributed by atoms with Gasteiger partial charge in [-0.1, -0.05) is 12.1 Å². The van der Waals surface area contributed by atoms with Gasteiger partial charge >= 0.3 is 0 Å². The molecular weight excluding hydrogens is 537 g/mol. The first-order chi connectivity index (χ1) is 15.4. The van der Waals surface area contributed by atoms with Gasteiger partial charge in [0.05, 0.1) is 18.3 Å². The van der Waals surface area contributed by atoms with Crippen LogP contribution in [0.25, 0.3) is 21.3 Å². The summed E-state index contributed by atoms with van der Waals surface area (Å²) in [5.74, 6) is 0.513. The molecule has 0 saturated carbocycles. The quantitative estimate of drug-likeness (QED) is 0.322. The highest BCUT2D eigenvalue weighted by atomic mass is 127. The van der Waals surface area contributed by atoms with Crippen molar-refractivity contribution in [3.05, 3.63) is 73.2 Å². The number of anilines is 1. The Morgan fingerprint density at radius 3 is 2.62 bits per heavy atom. The first kappa shape index (κ1) is 22.5. The molecule has 2 aromatic carbocycles. The number of aromatic nitrogens is 2. The Kier molecular flexibility index (Phi) is 6.61. The van der Waals surface area contributed by atoms with Gasteiger partial charge in [-0.05, 0) is 84.8 Å². The first-order valence-electron chi connectivity index (χ1n) is 10.1. The summed E-state index contributed by atoms with van der Waals surface area (Å²) in [5.41, 5.74) is 3.26. The van der Waals surface area contributed by atoms with E-state index in [9.17, 15) is 9.59 Å². The number of nitrogens with one attached hydrogen (secondary N) is 1. The normalized spacial score (nSPS) is 11.0. The fourth-order valence-corrected chi connectivity index (χ4v) is 5.24. The van der Waals surface area contributed by atoms with E-state index in [1.54, 1.807) is 0 Å². The molecule has 0 aliphatic rings. The molecule has 0 saturated heterocycles. The zero-order valence-electron chi connectivity index (χ0n) is 17.9. The summed E-state index contributed by atoms with van der Waals surface area (Å²) < 4.78 is 7.99. The lowest BCUT2D eigenvalue weighted by Gasteiger charge is -2.10. The maximum atomic E-state index is 13.3. The summed E-state index contributed by atoms with van der Waals surface area (Å²) in [5, 5.41) is 3.43. The molecule has 0 aliphatic heterocycles. The van der Waals surface area contributed by atoms with Gasteiger partial charge in [-0.2, -0.15) is 0 Å². The lowest BCUT2D eigenvalue weighted by molar-refractivity contribution is -0.116. The van der Waals surface area contributed by atoms with E-state index in [1.807, 2.05) is 63.2 Å². The van der Waals surface area contributed by atoms with E-state index in [-0.39, 0.29) is 18.0 Å². The van der Waals surface area contributed by atoms with Crippen LogP contribution in [0, 0.1) is 17.4 Å². The highest BCUT2D eigenvalue weighted by Gasteiger charge is 2.18. The summed E-state index contributed by atoms with van der Waals surface area (Å²) in [6.07, 6.45) is 1.45. The van der Waals surface area contributed by atoms with Crippen LogP contribution in [-0.4, -0.2) is 22.1 Å². The highest BCUT2D eigenvalue weighted by Crippen LogP contribution is 2.36. The van der Waals surface area contributed by atoms with E-state index in [4.69, 9.17) is 4.74 Å². The smallest absolute Gasteiger partial charge is 0.263 e. The lowest BCUT2D eigenvalue weighted by Crippen LogP contribution is -2.28. The summed E-state index contributed by atoms with van der Waals surface area (Å²) in [4.78, 5) is 32.1. The van der Waals surface area contributed by atoms with Crippen LogP contribution in [0.4, 0.5) is 5.69 Å². The third-order valence-corrected chi connectivity index (χ3v) is 6.77. The molecule has 0 unspecified atom stereocenters. The van der Waals surface area contributed by atoms with E-state index < -0.39 is 0 Å². The minimum absolute atomic E-state index is 0.106. The molecule has 0 bridgehead atoms. The Balaban J connectivity index is 1.67. The van der Waals surface area contributed by atoms with Crippen LogP contribution in [-0.2, 0) is 11.3 Å². The number of benzene rings is 2. The largest absolute Gasteiger partial charge is 0.494 e. The van der Waals surface area contributed by atoms with Crippen molar-refractivity contribution >= 4 is 55.7 Å². The van der Waals surface area contributed by atoms with Crippen molar-refractivity contribution in [2.75, 3.05) is 11.9 Å². The molecule has 0 atom stereocenters. The van der Waals surface area contributed by atoms with E-state index in [2.05, 4.69) is 32.9 Å². The average molecular weight is 559 g/mol. The highest BCUT2D eigenvalue weighted by molar-refractivity contribution is 14.1. The minimum Gasteiger partial charge on any atom is -0.494 e. The lowest BCUT2D eigenvalue weighted by atomic mass is 10.0. The van der Waals surface area contributed by atoms with Gasteiger partial charge in [-0.25, -0.2) is 4.98 Å². The molecule has 32 heavy (non-hydrogen) atoms. The van der Waals surface area contributed by atoms with Crippen LogP contribution in [0.1, 0.15) is 17.4 Å². The van der Waals surface area contributed by atoms with Crippen molar-refractivity contribution in [2.24, 2.45) is 0 Å². The van der Waals surface area contributed by atoms with Crippen molar-refractivity contribution in [2.45, 2.75) is 27.3 Å². The summed E-state index contributed by atoms with van der Waals surface area (Å²) >= 11 is 3.71. The second-order valence-electron chi connectivity index (χ2n) is 7.36. The molecule has 0 aliphatic carbocycles. The molecule has 1 amide bonds. The Morgan fingerprint density at radius 2 is 1.94 bits per heavy atom. The van der Waals surface area contributed by atoms with Gasteiger partial charge in [-0.15, -0.1) is 11.3 Å². The predicted molar refractivity (Wildman–Crippen MR) is 138 cm³/mol. The topological polar surface area (TPSA) is 73.2 Å². The number of hydrogen-bond acceptors (Lipinski definition) is 5. The number of aryl methyl sites for hydroxylation is 2. The second kappa shape index (κ2) is 9.41. The van der Waals surface area contributed by atoms with Crippen LogP contribution >= 0.6 is 33.9 Å². The molecule has 2 heterocycles.